The van der Waals surface area contributed by atoms with E-state index in [1.54, 1.807) is 32.9 Å². The number of thioether (sulfide) groups is 1. The minimum atomic E-state index is -0.956. The molecular weight excluding hydrogens is 632 g/mol. The Hall–Kier alpha value is -4.10. The Balaban J connectivity index is 1.73. The summed E-state index contributed by atoms with van der Waals surface area (Å²) >= 11 is 1.53. The van der Waals surface area contributed by atoms with Crippen molar-refractivity contribution in [1.29, 1.82) is 0 Å². The van der Waals surface area contributed by atoms with Gasteiger partial charge >= 0.3 is 0 Å². The van der Waals surface area contributed by atoms with E-state index in [0.29, 0.717) is 50.5 Å². The summed E-state index contributed by atoms with van der Waals surface area (Å²) in [6.45, 7) is 7.14. The second-order valence-electron chi connectivity index (χ2n) is 12.6. The Labute approximate surface area is 287 Å². The van der Waals surface area contributed by atoms with Crippen LogP contribution < -0.4 is 26.2 Å². The van der Waals surface area contributed by atoms with Crippen LogP contribution in [-0.4, -0.2) is 110 Å². The maximum Gasteiger partial charge on any atom is 0.256 e. The Morgan fingerprint density at radius 2 is 1.58 bits per heavy atom. The molecule has 0 bridgehead atoms. The van der Waals surface area contributed by atoms with Gasteiger partial charge in [0.1, 0.15) is 18.1 Å². The fourth-order valence-corrected chi connectivity index (χ4v) is 6.32. The summed E-state index contributed by atoms with van der Waals surface area (Å²) in [5, 5.41) is 11.4. The van der Waals surface area contributed by atoms with Crippen molar-refractivity contribution in [2.45, 2.75) is 57.8 Å². The zero-order valence-corrected chi connectivity index (χ0v) is 29.0. The molecule has 12 nitrogen and oxygen atoms in total. The number of hydrogen-bond acceptors (Lipinski definition) is 8. The first-order chi connectivity index (χ1) is 23.1. The number of morpholine rings is 1. The predicted molar refractivity (Wildman–Crippen MR) is 187 cm³/mol. The van der Waals surface area contributed by atoms with Crippen molar-refractivity contribution in [2.75, 3.05) is 56.3 Å². The number of hydrogen-bond donors (Lipinski definition) is 4. The van der Waals surface area contributed by atoms with Crippen molar-refractivity contribution < 1.29 is 28.7 Å². The van der Waals surface area contributed by atoms with E-state index < -0.39 is 47.8 Å². The fraction of sp³-hybridized carbons (Fsp3) is 0.514. The smallest absolute Gasteiger partial charge is 0.256 e. The summed E-state index contributed by atoms with van der Waals surface area (Å²) in [7, 11) is 0. The average Bonchev–Trinajstić information content (AvgIpc) is 3.08. The van der Waals surface area contributed by atoms with E-state index in [-0.39, 0.29) is 24.9 Å². The van der Waals surface area contributed by atoms with Gasteiger partial charge in [0.05, 0.1) is 31.4 Å². The molecule has 0 aliphatic carbocycles. The molecule has 2 aliphatic heterocycles. The van der Waals surface area contributed by atoms with Crippen LogP contribution in [-0.2, 0) is 30.3 Å². The van der Waals surface area contributed by atoms with Gasteiger partial charge in [0.25, 0.3) is 5.91 Å². The van der Waals surface area contributed by atoms with Crippen LogP contribution in [0.15, 0.2) is 54.6 Å². The highest BCUT2D eigenvalue weighted by molar-refractivity contribution is 7.98. The molecule has 48 heavy (non-hydrogen) atoms. The quantitative estimate of drug-likeness (QED) is 0.329. The van der Waals surface area contributed by atoms with Crippen molar-refractivity contribution in [2.24, 2.45) is 5.92 Å². The highest BCUT2D eigenvalue weighted by atomic mass is 32.2. The standard InChI is InChI=1S/C35H48N6O6S/c1-23(2)31-34(45)38-28(14-19-48-4)33(44)36-24(3)32(43)37-26(20-25-10-6-5-7-11-25)21-41(22-30(42)39-31)35(46)27-12-8-9-13-29(27)40-15-17-47-18-16-40/h5-13,23-24,26,28,31H,14-22H2,1-4H3,(H,36,44)(H,37,43)(H,38,45)(H,39,42)/t24-,26+,28-,31-/m0/s1. The molecule has 5 amide bonds. The number of carbonyl (C=O) groups excluding carboxylic acids is 5. The first kappa shape index (κ1) is 36.7. The lowest BCUT2D eigenvalue weighted by atomic mass is 10.0. The first-order valence-electron chi connectivity index (χ1n) is 16.5. The Kier molecular flexibility index (Phi) is 13.7. The van der Waals surface area contributed by atoms with Gasteiger partial charge < -0.3 is 35.8 Å². The first-order valence-corrected chi connectivity index (χ1v) is 17.9. The van der Waals surface area contributed by atoms with Gasteiger partial charge in [-0.2, -0.15) is 11.8 Å². The number of anilines is 1. The van der Waals surface area contributed by atoms with Crippen molar-refractivity contribution in [1.82, 2.24) is 26.2 Å². The van der Waals surface area contributed by atoms with Crippen molar-refractivity contribution in [3.63, 3.8) is 0 Å². The lowest BCUT2D eigenvalue weighted by Crippen LogP contribution is -2.57. The molecule has 0 radical (unpaired) electrons. The van der Waals surface area contributed by atoms with Gasteiger partial charge in [0, 0.05) is 25.3 Å². The molecule has 2 saturated heterocycles. The summed E-state index contributed by atoms with van der Waals surface area (Å²) in [6, 6.07) is 13.4. The maximum absolute atomic E-state index is 14.5. The van der Waals surface area contributed by atoms with Gasteiger partial charge in [-0.1, -0.05) is 56.3 Å². The number of nitrogens with zero attached hydrogens (tertiary/aromatic N) is 2. The number of para-hydroxylation sites is 1. The van der Waals surface area contributed by atoms with E-state index in [0.717, 1.165) is 11.3 Å². The van der Waals surface area contributed by atoms with Crippen molar-refractivity contribution >= 4 is 47.0 Å². The van der Waals surface area contributed by atoms with Gasteiger partial charge in [-0.3, -0.25) is 24.0 Å². The lowest BCUT2D eigenvalue weighted by Gasteiger charge is -2.33. The third-order valence-electron chi connectivity index (χ3n) is 8.48. The molecule has 0 saturated carbocycles. The van der Waals surface area contributed by atoms with Crippen LogP contribution in [0.5, 0.6) is 0 Å². The molecule has 2 aromatic rings. The average molecular weight is 681 g/mol. The highest BCUT2D eigenvalue weighted by Crippen LogP contribution is 2.24. The van der Waals surface area contributed by atoms with Crippen LogP contribution >= 0.6 is 11.8 Å². The molecule has 2 aliphatic rings. The maximum atomic E-state index is 14.5. The third-order valence-corrected chi connectivity index (χ3v) is 9.13. The largest absolute Gasteiger partial charge is 0.378 e. The molecule has 2 aromatic carbocycles. The van der Waals surface area contributed by atoms with Crippen LogP contribution in [0.3, 0.4) is 0 Å². The molecule has 4 N–H and O–H groups in total. The van der Waals surface area contributed by atoms with Gasteiger partial charge in [-0.15, -0.1) is 0 Å². The molecular formula is C35H48N6O6S. The SMILES string of the molecule is CSCC[C@@H]1NC(=O)[C@H](C(C)C)NC(=O)CN(C(=O)c2ccccc2N2CCOCC2)C[C@@H](Cc2ccccc2)NC(=O)[C@H](C)NC1=O. The van der Waals surface area contributed by atoms with E-state index in [4.69, 9.17) is 4.74 Å². The van der Waals surface area contributed by atoms with Crippen LogP contribution in [0.1, 0.15) is 43.1 Å². The van der Waals surface area contributed by atoms with E-state index in [2.05, 4.69) is 26.2 Å². The number of nitrogens with one attached hydrogen (secondary N) is 4. The summed E-state index contributed by atoms with van der Waals surface area (Å²) in [5.74, 6) is -2.07. The normalized spacial score (nSPS) is 23.4. The molecule has 4 rings (SSSR count). The minimum Gasteiger partial charge on any atom is -0.378 e. The second-order valence-corrected chi connectivity index (χ2v) is 13.5. The molecule has 260 valence electrons. The van der Waals surface area contributed by atoms with Gasteiger partial charge in [-0.25, -0.2) is 0 Å². The lowest BCUT2D eigenvalue weighted by molar-refractivity contribution is -0.134. The van der Waals surface area contributed by atoms with Crippen LogP contribution in [0.2, 0.25) is 0 Å². The summed E-state index contributed by atoms with van der Waals surface area (Å²) in [6.07, 6.45) is 2.61. The topological polar surface area (TPSA) is 149 Å². The molecule has 0 aromatic heterocycles. The van der Waals surface area contributed by atoms with E-state index in [9.17, 15) is 24.0 Å². The predicted octanol–water partition coefficient (Wildman–Crippen LogP) is 1.59. The van der Waals surface area contributed by atoms with Crippen LogP contribution in [0.25, 0.3) is 0 Å². The number of carbonyl (C=O) groups is 5. The molecule has 2 heterocycles. The zero-order chi connectivity index (χ0) is 34.6. The van der Waals surface area contributed by atoms with E-state index >= 15 is 0 Å². The molecule has 0 unspecified atom stereocenters. The van der Waals surface area contributed by atoms with Gasteiger partial charge in [0.15, 0.2) is 0 Å². The second kappa shape index (κ2) is 17.9. The minimum absolute atomic E-state index is 0.000110. The monoisotopic (exact) mass is 680 g/mol. The van der Waals surface area contributed by atoms with Crippen LogP contribution in [0.4, 0.5) is 5.69 Å². The Morgan fingerprint density at radius 1 is 0.896 bits per heavy atom. The number of ether oxygens (including phenoxy) is 1. The van der Waals surface area contributed by atoms with Gasteiger partial charge in [-0.05, 0) is 55.4 Å². The fourth-order valence-electron chi connectivity index (χ4n) is 5.85. The summed E-state index contributed by atoms with van der Waals surface area (Å²) in [5.41, 5.74) is 2.08. The summed E-state index contributed by atoms with van der Waals surface area (Å²) < 4.78 is 5.53. The van der Waals surface area contributed by atoms with E-state index in [1.165, 1.54) is 16.7 Å². The molecule has 13 heteroatoms. The number of benzene rings is 2. The Bertz CT molecular complexity index is 1420. The number of amides is 5. The van der Waals surface area contributed by atoms with Gasteiger partial charge in [0.2, 0.25) is 23.6 Å². The van der Waals surface area contributed by atoms with Crippen molar-refractivity contribution in [3.05, 3.63) is 65.7 Å². The third kappa shape index (κ3) is 10.2. The summed E-state index contributed by atoms with van der Waals surface area (Å²) in [4.78, 5) is 72.2. The molecule has 2 fully saturated rings. The van der Waals surface area contributed by atoms with Crippen molar-refractivity contribution in [3.8, 4) is 0 Å². The number of rotatable bonds is 8. The molecule has 0 spiro atoms. The highest BCUT2D eigenvalue weighted by Gasteiger charge is 2.33. The Morgan fingerprint density at radius 3 is 2.27 bits per heavy atom. The molecule has 4 atom stereocenters. The van der Waals surface area contributed by atoms with Crippen LogP contribution in [0, 0.1) is 5.92 Å². The van der Waals surface area contributed by atoms with E-state index in [1.807, 2.05) is 48.7 Å². The zero-order valence-electron chi connectivity index (χ0n) is 28.2.